The summed E-state index contributed by atoms with van der Waals surface area (Å²) in [6.07, 6.45) is 10.3. The van der Waals surface area contributed by atoms with Crippen LogP contribution in [0, 0.1) is 13.8 Å². The van der Waals surface area contributed by atoms with E-state index in [1.807, 2.05) is 4.52 Å². The minimum Gasteiger partial charge on any atom is -0.348 e. The predicted octanol–water partition coefficient (Wildman–Crippen LogP) is 5.19. The van der Waals surface area contributed by atoms with Crippen molar-refractivity contribution in [3.05, 3.63) is 29.2 Å². The number of nitrogens with one attached hydrogen (secondary N) is 2. The van der Waals surface area contributed by atoms with Gasteiger partial charge in [-0.25, -0.2) is 14.5 Å². The lowest BCUT2D eigenvalue weighted by molar-refractivity contribution is 0.280. The Morgan fingerprint density at radius 1 is 1.09 bits per heavy atom. The lowest BCUT2D eigenvalue weighted by Gasteiger charge is -2.37. The van der Waals surface area contributed by atoms with Crippen molar-refractivity contribution >= 4 is 32.5 Å². The SMILES string of the molecule is Cc1c(-c2[nH]c3sc(N4CCC(NC5CCC5)CC4)nc3c2C(C)C)cn2ncnc2c1C. The van der Waals surface area contributed by atoms with Crippen LogP contribution in [0.25, 0.3) is 27.3 Å². The van der Waals surface area contributed by atoms with Crippen molar-refractivity contribution < 1.29 is 0 Å². The molecule has 0 amide bonds. The maximum absolute atomic E-state index is 5.18. The molecular weight excluding hydrogens is 430 g/mol. The summed E-state index contributed by atoms with van der Waals surface area (Å²) in [5, 5.41) is 9.41. The van der Waals surface area contributed by atoms with E-state index >= 15 is 0 Å². The Balaban J connectivity index is 1.32. The number of aromatic nitrogens is 5. The highest BCUT2D eigenvalue weighted by Gasteiger charge is 2.28. The van der Waals surface area contributed by atoms with E-state index in [-0.39, 0.29) is 0 Å². The molecule has 4 aromatic rings. The Morgan fingerprint density at radius 3 is 2.55 bits per heavy atom. The molecule has 0 radical (unpaired) electrons. The molecule has 0 spiro atoms. The summed E-state index contributed by atoms with van der Waals surface area (Å²) in [5.74, 6) is 0.368. The lowest BCUT2D eigenvalue weighted by atomic mass is 9.91. The van der Waals surface area contributed by atoms with E-state index in [2.05, 4.69) is 59.2 Å². The number of H-pyrrole nitrogens is 1. The molecule has 1 saturated heterocycles. The number of hydrogen-bond donors (Lipinski definition) is 2. The molecule has 2 aliphatic rings. The van der Waals surface area contributed by atoms with Gasteiger partial charge < -0.3 is 15.2 Å². The summed E-state index contributed by atoms with van der Waals surface area (Å²) in [7, 11) is 0. The van der Waals surface area contributed by atoms with Crippen LogP contribution in [0.1, 0.15) is 68.6 Å². The van der Waals surface area contributed by atoms with Gasteiger partial charge >= 0.3 is 0 Å². The van der Waals surface area contributed by atoms with Crippen LogP contribution in [0.5, 0.6) is 0 Å². The van der Waals surface area contributed by atoms with Crippen molar-refractivity contribution in [1.29, 1.82) is 0 Å². The van der Waals surface area contributed by atoms with Crippen LogP contribution >= 0.6 is 11.3 Å². The number of hydrogen-bond acceptors (Lipinski definition) is 6. The average molecular weight is 464 g/mol. The van der Waals surface area contributed by atoms with Gasteiger partial charge in [-0.2, -0.15) is 5.10 Å². The summed E-state index contributed by atoms with van der Waals surface area (Å²) in [6.45, 7) is 11.0. The molecule has 0 unspecified atom stereocenters. The first kappa shape index (κ1) is 21.1. The van der Waals surface area contributed by atoms with Crippen LogP contribution in [-0.2, 0) is 0 Å². The maximum atomic E-state index is 5.18. The number of piperidine rings is 1. The van der Waals surface area contributed by atoms with Gasteiger partial charge in [0.15, 0.2) is 10.8 Å². The third-order valence-electron chi connectivity index (χ3n) is 7.69. The van der Waals surface area contributed by atoms with Gasteiger partial charge in [-0.15, -0.1) is 0 Å². The summed E-state index contributed by atoms with van der Waals surface area (Å²) >= 11 is 1.80. The summed E-state index contributed by atoms with van der Waals surface area (Å²) < 4.78 is 1.89. The molecule has 4 aromatic heterocycles. The normalized spacial score (nSPS) is 18.2. The minimum absolute atomic E-state index is 0.368. The third kappa shape index (κ3) is 3.54. The zero-order chi connectivity index (χ0) is 22.7. The molecule has 0 atom stereocenters. The van der Waals surface area contributed by atoms with Gasteiger partial charge in [-0.3, -0.25) is 0 Å². The molecule has 1 aliphatic carbocycles. The van der Waals surface area contributed by atoms with Gasteiger partial charge in [0.2, 0.25) is 0 Å². The van der Waals surface area contributed by atoms with Gasteiger partial charge in [0.1, 0.15) is 16.7 Å². The van der Waals surface area contributed by atoms with Crippen molar-refractivity contribution in [1.82, 2.24) is 29.9 Å². The molecule has 174 valence electrons. The Bertz CT molecular complexity index is 1300. The standard InChI is InChI=1S/C25H33N7S/c1-14(2)20-21(19-12-32-23(26-13-27-32)16(4)15(19)3)29-24-22(20)30-25(33-24)31-10-8-18(9-11-31)28-17-6-5-7-17/h12-14,17-18,28-29H,5-11H2,1-4H3. The molecule has 6 rings (SSSR count). The van der Waals surface area contributed by atoms with Crippen LogP contribution in [0.3, 0.4) is 0 Å². The first-order chi connectivity index (χ1) is 16.0. The first-order valence-corrected chi connectivity index (χ1v) is 13.1. The molecule has 33 heavy (non-hydrogen) atoms. The Morgan fingerprint density at radius 2 is 1.85 bits per heavy atom. The van der Waals surface area contributed by atoms with E-state index in [1.165, 1.54) is 64.9 Å². The first-order valence-electron chi connectivity index (χ1n) is 12.3. The topological polar surface area (TPSA) is 74.1 Å². The van der Waals surface area contributed by atoms with Crippen molar-refractivity contribution in [2.45, 2.75) is 77.8 Å². The number of fused-ring (bicyclic) bond motifs is 2. The quantitative estimate of drug-likeness (QED) is 0.426. The number of pyridine rings is 1. The van der Waals surface area contributed by atoms with E-state index in [1.54, 1.807) is 17.7 Å². The zero-order valence-corrected chi connectivity index (χ0v) is 20.8. The monoisotopic (exact) mass is 463 g/mol. The Labute approximate surface area is 198 Å². The Hall–Kier alpha value is -2.45. The number of anilines is 1. The van der Waals surface area contributed by atoms with Crippen molar-refractivity contribution in [3.8, 4) is 11.3 Å². The summed E-state index contributed by atoms with van der Waals surface area (Å²) in [4.78, 5) is 17.0. The van der Waals surface area contributed by atoms with Crippen LogP contribution in [0.15, 0.2) is 12.5 Å². The molecule has 2 fully saturated rings. The van der Waals surface area contributed by atoms with Crippen molar-refractivity contribution in [3.63, 3.8) is 0 Å². The third-order valence-corrected chi connectivity index (χ3v) is 8.73. The fraction of sp³-hybridized carbons (Fsp3) is 0.560. The molecule has 2 N–H and O–H groups in total. The van der Waals surface area contributed by atoms with E-state index in [4.69, 9.17) is 4.98 Å². The van der Waals surface area contributed by atoms with E-state index in [9.17, 15) is 0 Å². The molecular formula is C25H33N7S. The van der Waals surface area contributed by atoms with Crippen LogP contribution in [-0.4, -0.2) is 49.7 Å². The molecule has 0 bridgehead atoms. The van der Waals surface area contributed by atoms with E-state index in [0.29, 0.717) is 12.0 Å². The highest BCUT2D eigenvalue weighted by Crippen LogP contribution is 2.41. The predicted molar refractivity (Wildman–Crippen MR) is 136 cm³/mol. The van der Waals surface area contributed by atoms with Crippen molar-refractivity contribution in [2.24, 2.45) is 0 Å². The van der Waals surface area contributed by atoms with Gasteiger partial charge in [0, 0.05) is 42.5 Å². The lowest BCUT2D eigenvalue weighted by Crippen LogP contribution is -2.48. The second kappa shape index (κ2) is 8.09. The van der Waals surface area contributed by atoms with Crippen LogP contribution < -0.4 is 10.2 Å². The molecule has 1 aliphatic heterocycles. The second-order valence-electron chi connectivity index (χ2n) is 10.1. The molecule has 8 heteroatoms. The fourth-order valence-electron chi connectivity index (χ4n) is 5.38. The van der Waals surface area contributed by atoms with Gasteiger partial charge in [0.05, 0.1) is 5.69 Å². The van der Waals surface area contributed by atoms with E-state index < -0.39 is 0 Å². The van der Waals surface area contributed by atoms with Gasteiger partial charge in [-0.05, 0) is 56.6 Å². The number of aryl methyl sites for hydroxylation is 1. The van der Waals surface area contributed by atoms with E-state index in [0.717, 1.165) is 35.4 Å². The molecule has 1 saturated carbocycles. The highest BCUT2D eigenvalue weighted by atomic mass is 32.1. The summed E-state index contributed by atoms with van der Waals surface area (Å²) in [5.41, 5.74) is 8.13. The van der Waals surface area contributed by atoms with Crippen LogP contribution in [0.2, 0.25) is 0 Å². The van der Waals surface area contributed by atoms with Crippen LogP contribution in [0.4, 0.5) is 5.13 Å². The fourth-order valence-corrected chi connectivity index (χ4v) is 6.42. The second-order valence-corrected chi connectivity index (χ2v) is 11.1. The van der Waals surface area contributed by atoms with Gasteiger partial charge in [-0.1, -0.05) is 31.6 Å². The van der Waals surface area contributed by atoms with Gasteiger partial charge in [0.25, 0.3) is 0 Å². The maximum Gasteiger partial charge on any atom is 0.187 e. The molecule has 5 heterocycles. The largest absolute Gasteiger partial charge is 0.348 e. The number of rotatable bonds is 5. The minimum atomic E-state index is 0.368. The Kier molecular flexibility index (Phi) is 5.18. The summed E-state index contributed by atoms with van der Waals surface area (Å²) in [6, 6.07) is 1.45. The van der Waals surface area contributed by atoms with Crippen molar-refractivity contribution in [2.75, 3.05) is 18.0 Å². The zero-order valence-electron chi connectivity index (χ0n) is 20.0. The highest BCUT2D eigenvalue weighted by molar-refractivity contribution is 7.21. The number of aromatic amines is 1. The molecule has 0 aromatic carbocycles. The molecule has 7 nitrogen and oxygen atoms in total. The number of nitrogens with zero attached hydrogens (tertiary/aromatic N) is 5. The number of thiazole rings is 1. The average Bonchev–Trinajstić information content (AvgIpc) is 3.47. The smallest absolute Gasteiger partial charge is 0.187 e.